The molecular weight excluding hydrogens is 278 g/mol. The molecule has 1 N–H and O–H groups in total. The quantitative estimate of drug-likeness (QED) is 0.857. The van der Waals surface area contributed by atoms with Crippen LogP contribution in [0.1, 0.15) is 56.0 Å². The third-order valence-electron chi connectivity index (χ3n) is 4.11. The number of hydrogen-bond donors (Lipinski definition) is 1. The van der Waals surface area contributed by atoms with E-state index >= 15 is 0 Å². The summed E-state index contributed by atoms with van der Waals surface area (Å²) >= 11 is 1.81. The lowest BCUT2D eigenvalue weighted by Gasteiger charge is -2.12. The van der Waals surface area contributed by atoms with Gasteiger partial charge in [0, 0.05) is 29.1 Å². The third kappa shape index (κ3) is 3.26. The molecule has 0 bridgehead atoms. The van der Waals surface area contributed by atoms with Gasteiger partial charge in [-0.1, -0.05) is 19.8 Å². The van der Waals surface area contributed by atoms with Crippen molar-refractivity contribution in [3.63, 3.8) is 0 Å². The summed E-state index contributed by atoms with van der Waals surface area (Å²) in [5.74, 6) is 2.48. The average molecular weight is 301 g/mol. The Kier molecular flexibility index (Phi) is 4.54. The van der Waals surface area contributed by atoms with E-state index in [0.717, 1.165) is 24.6 Å². The third-order valence-corrected chi connectivity index (χ3v) is 5.33. The monoisotopic (exact) mass is 301 g/mol. The van der Waals surface area contributed by atoms with Crippen molar-refractivity contribution in [2.24, 2.45) is 0 Å². The second-order valence-electron chi connectivity index (χ2n) is 5.63. The summed E-state index contributed by atoms with van der Waals surface area (Å²) in [5, 5.41) is 3.36. The largest absolute Gasteiger partial charge is 0.370 e. The maximum absolute atomic E-state index is 4.87. The molecule has 3 nitrogen and oxygen atoms in total. The second kappa shape index (κ2) is 6.56. The average Bonchev–Trinajstić information content (AvgIpc) is 3.19. The fourth-order valence-electron chi connectivity index (χ4n) is 2.97. The normalized spacial score (nSPS) is 15.5. The molecule has 2 aromatic heterocycles. The Hall–Kier alpha value is -1.42. The van der Waals surface area contributed by atoms with Crippen LogP contribution in [0.2, 0.25) is 0 Å². The smallest absolute Gasteiger partial charge is 0.171 e. The molecule has 2 heterocycles. The molecule has 0 amide bonds. The Morgan fingerprint density at radius 3 is 2.67 bits per heavy atom. The highest BCUT2D eigenvalue weighted by Gasteiger charge is 2.20. The van der Waals surface area contributed by atoms with Gasteiger partial charge in [-0.15, -0.1) is 11.3 Å². The minimum absolute atomic E-state index is 0.620. The molecule has 3 rings (SSSR count). The van der Waals surface area contributed by atoms with Crippen LogP contribution in [-0.2, 0) is 6.42 Å². The molecule has 1 saturated carbocycles. The van der Waals surface area contributed by atoms with E-state index in [1.165, 1.54) is 41.1 Å². The van der Waals surface area contributed by atoms with Crippen molar-refractivity contribution in [1.82, 2.24) is 9.97 Å². The van der Waals surface area contributed by atoms with E-state index in [1.807, 2.05) is 11.3 Å². The van der Waals surface area contributed by atoms with Crippen LogP contribution in [0.4, 0.5) is 5.82 Å². The van der Waals surface area contributed by atoms with E-state index in [4.69, 9.17) is 9.97 Å². The van der Waals surface area contributed by atoms with Crippen LogP contribution in [0.3, 0.4) is 0 Å². The summed E-state index contributed by atoms with van der Waals surface area (Å²) in [6.45, 7) is 5.19. The lowest BCUT2D eigenvalue weighted by atomic mass is 10.0. The van der Waals surface area contributed by atoms with Crippen molar-refractivity contribution in [3.8, 4) is 10.7 Å². The molecule has 2 aromatic rings. The van der Waals surface area contributed by atoms with E-state index < -0.39 is 0 Å². The molecule has 0 aromatic carbocycles. The summed E-state index contributed by atoms with van der Waals surface area (Å²) in [5.41, 5.74) is 1.22. The number of anilines is 1. The first-order valence-electron chi connectivity index (χ1n) is 8.02. The number of rotatable bonds is 5. The van der Waals surface area contributed by atoms with Gasteiger partial charge in [-0.3, -0.25) is 0 Å². The van der Waals surface area contributed by atoms with Crippen LogP contribution in [0.25, 0.3) is 10.7 Å². The van der Waals surface area contributed by atoms with Gasteiger partial charge in [-0.05, 0) is 38.3 Å². The molecule has 112 valence electrons. The highest BCUT2D eigenvalue weighted by molar-refractivity contribution is 7.15. The minimum atomic E-state index is 0.620. The number of nitrogens with one attached hydrogen (secondary N) is 1. The lowest BCUT2D eigenvalue weighted by molar-refractivity contribution is 0.696. The zero-order chi connectivity index (χ0) is 14.7. The Morgan fingerprint density at radius 1 is 1.19 bits per heavy atom. The highest BCUT2D eigenvalue weighted by Crippen LogP contribution is 2.35. The summed E-state index contributed by atoms with van der Waals surface area (Å²) < 4.78 is 0. The van der Waals surface area contributed by atoms with Crippen LogP contribution in [0.15, 0.2) is 18.2 Å². The Labute approximate surface area is 130 Å². The molecule has 0 radical (unpaired) electrons. The number of aromatic nitrogens is 2. The first kappa shape index (κ1) is 14.5. The molecule has 0 aliphatic heterocycles. The molecule has 1 aliphatic carbocycles. The van der Waals surface area contributed by atoms with Crippen molar-refractivity contribution in [3.05, 3.63) is 28.8 Å². The lowest BCUT2D eigenvalue weighted by Crippen LogP contribution is -2.05. The van der Waals surface area contributed by atoms with Crippen LogP contribution in [0.5, 0.6) is 0 Å². The van der Waals surface area contributed by atoms with Gasteiger partial charge in [-0.2, -0.15) is 0 Å². The van der Waals surface area contributed by atoms with Gasteiger partial charge < -0.3 is 5.32 Å². The van der Waals surface area contributed by atoms with Crippen molar-refractivity contribution in [1.29, 1.82) is 0 Å². The van der Waals surface area contributed by atoms with Gasteiger partial charge in [0.25, 0.3) is 0 Å². The van der Waals surface area contributed by atoms with Crippen molar-refractivity contribution < 1.29 is 0 Å². The van der Waals surface area contributed by atoms with E-state index in [9.17, 15) is 0 Å². The predicted molar refractivity (Wildman–Crippen MR) is 90.1 cm³/mol. The topological polar surface area (TPSA) is 37.8 Å². The zero-order valence-corrected chi connectivity index (χ0v) is 13.7. The van der Waals surface area contributed by atoms with Crippen LogP contribution >= 0.6 is 11.3 Å². The number of hydrogen-bond acceptors (Lipinski definition) is 4. The van der Waals surface area contributed by atoms with E-state index in [1.54, 1.807) is 0 Å². The van der Waals surface area contributed by atoms with E-state index in [2.05, 4.69) is 37.4 Å². The van der Waals surface area contributed by atoms with E-state index in [0.29, 0.717) is 5.92 Å². The molecule has 1 fully saturated rings. The molecule has 0 spiro atoms. The SMILES string of the molecule is CCNc1cc(C2CCCC2)nc(-c2ccc(CC)s2)n1. The maximum Gasteiger partial charge on any atom is 0.171 e. The fourth-order valence-corrected chi connectivity index (χ4v) is 3.85. The highest BCUT2D eigenvalue weighted by atomic mass is 32.1. The van der Waals surface area contributed by atoms with Gasteiger partial charge >= 0.3 is 0 Å². The number of aryl methyl sites for hydroxylation is 1. The van der Waals surface area contributed by atoms with Gasteiger partial charge in [0.1, 0.15) is 5.82 Å². The molecule has 0 atom stereocenters. The van der Waals surface area contributed by atoms with Crippen molar-refractivity contribution in [2.45, 2.75) is 51.9 Å². The maximum atomic E-state index is 4.87. The summed E-state index contributed by atoms with van der Waals surface area (Å²) in [4.78, 5) is 12.2. The van der Waals surface area contributed by atoms with E-state index in [-0.39, 0.29) is 0 Å². The van der Waals surface area contributed by atoms with Crippen molar-refractivity contribution >= 4 is 17.2 Å². The Bertz CT molecular complexity index is 600. The standard InChI is InChI=1S/C17H23N3S/c1-3-13-9-10-15(21-13)17-19-14(12-7-5-6-8-12)11-16(20-17)18-4-2/h9-12H,3-8H2,1-2H3,(H,18,19,20). The van der Waals surface area contributed by atoms with Crippen LogP contribution in [-0.4, -0.2) is 16.5 Å². The van der Waals surface area contributed by atoms with Gasteiger partial charge in [-0.25, -0.2) is 9.97 Å². The van der Waals surface area contributed by atoms with Gasteiger partial charge in [0.05, 0.1) is 4.88 Å². The first-order valence-corrected chi connectivity index (χ1v) is 8.83. The van der Waals surface area contributed by atoms with Gasteiger partial charge in [0.2, 0.25) is 0 Å². The zero-order valence-electron chi connectivity index (χ0n) is 12.9. The Balaban J connectivity index is 1.97. The molecule has 0 unspecified atom stereocenters. The fraction of sp³-hybridized carbons (Fsp3) is 0.529. The first-order chi connectivity index (χ1) is 10.3. The molecule has 21 heavy (non-hydrogen) atoms. The van der Waals surface area contributed by atoms with Crippen molar-refractivity contribution in [2.75, 3.05) is 11.9 Å². The Morgan fingerprint density at radius 2 is 2.00 bits per heavy atom. The molecule has 0 saturated heterocycles. The minimum Gasteiger partial charge on any atom is -0.370 e. The molecule has 4 heteroatoms. The number of nitrogens with zero attached hydrogens (tertiary/aromatic N) is 2. The summed E-state index contributed by atoms with van der Waals surface area (Å²) in [7, 11) is 0. The van der Waals surface area contributed by atoms with Crippen LogP contribution in [0, 0.1) is 0 Å². The second-order valence-corrected chi connectivity index (χ2v) is 6.80. The van der Waals surface area contributed by atoms with Gasteiger partial charge in [0.15, 0.2) is 5.82 Å². The summed E-state index contributed by atoms with van der Waals surface area (Å²) in [6, 6.07) is 6.50. The molecule has 1 aliphatic rings. The van der Waals surface area contributed by atoms with Crippen LogP contribution < -0.4 is 5.32 Å². The number of thiophene rings is 1. The predicted octanol–water partition coefficient (Wildman–Crippen LogP) is 4.86. The summed E-state index contributed by atoms with van der Waals surface area (Å²) in [6.07, 6.45) is 6.28. The molecular formula is C17H23N3S.